The minimum atomic E-state index is 0.214. The van der Waals surface area contributed by atoms with Gasteiger partial charge in [0.15, 0.2) is 0 Å². The molecule has 0 amide bonds. The van der Waals surface area contributed by atoms with Gasteiger partial charge in [0.25, 0.3) is 0 Å². The van der Waals surface area contributed by atoms with E-state index in [1.807, 2.05) is 6.07 Å². The Labute approximate surface area is 127 Å². The summed E-state index contributed by atoms with van der Waals surface area (Å²) in [7, 11) is 0. The summed E-state index contributed by atoms with van der Waals surface area (Å²) in [5.41, 5.74) is 10.0. The monoisotopic (exact) mass is 283 g/mol. The molecule has 3 rings (SSSR count). The maximum atomic E-state index is 5.72. The Morgan fingerprint density at radius 2 is 1.90 bits per heavy atom. The van der Waals surface area contributed by atoms with Crippen LogP contribution in [-0.2, 0) is 5.41 Å². The number of rotatable bonds is 2. The van der Waals surface area contributed by atoms with Crippen LogP contribution in [0.15, 0.2) is 30.3 Å². The molecule has 3 nitrogen and oxygen atoms in total. The van der Waals surface area contributed by atoms with E-state index >= 15 is 0 Å². The highest BCUT2D eigenvalue weighted by Gasteiger charge is 2.28. The Kier molecular flexibility index (Phi) is 3.52. The lowest BCUT2D eigenvalue weighted by Gasteiger charge is -2.21. The van der Waals surface area contributed by atoms with Gasteiger partial charge in [-0.1, -0.05) is 45.0 Å². The van der Waals surface area contributed by atoms with Gasteiger partial charge in [0.1, 0.15) is 5.82 Å². The molecule has 2 atom stereocenters. The third-order valence-corrected chi connectivity index (χ3v) is 4.71. The number of hydrogen-bond acceptors (Lipinski definition) is 2. The van der Waals surface area contributed by atoms with Gasteiger partial charge in [-0.05, 0) is 41.7 Å². The molecule has 1 saturated carbocycles. The highest BCUT2D eigenvalue weighted by atomic mass is 15.2. The lowest BCUT2D eigenvalue weighted by Crippen LogP contribution is -2.11. The zero-order valence-electron chi connectivity index (χ0n) is 13.2. The summed E-state index contributed by atoms with van der Waals surface area (Å²) in [6, 6.07) is 11.1. The molecule has 1 aromatic heterocycles. The first-order valence-electron chi connectivity index (χ1n) is 7.84. The fourth-order valence-corrected chi connectivity index (χ4v) is 3.39. The van der Waals surface area contributed by atoms with E-state index in [1.54, 1.807) is 0 Å². The summed E-state index contributed by atoms with van der Waals surface area (Å²) < 4.78 is 0. The predicted octanol–water partition coefficient (Wildman–Crippen LogP) is 4.34. The Balaban J connectivity index is 1.77. The summed E-state index contributed by atoms with van der Waals surface area (Å²) in [5, 5.41) is 7.14. The van der Waals surface area contributed by atoms with Gasteiger partial charge < -0.3 is 5.73 Å². The molecule has 1 heterocycles. The minimum absolute atomic E-state index is 0.214. The Hall–Kier alpha value is -1.77. The van der Waals surface area contributed by atoms with Gasteiger partial charge in [0.05, 0.1) is 0 Å². The van der Waals surface area contributed by atoms with E-state index < -0.39 is 0 Å². The molecule has 0 saturated heterocycles. The Bertz CT molecular complexity index is 621. The maximum absolute atomic E-state index is 5.72. The van der Waals surface area contributed by atoms with E-state index in [1.165, 1.54) is 36.1 Å². The number of hydrogen-bond donors (Lipinski definition) is 2. The number of nitrogens with one attached hydrogen (secondary N) is 1. The van der Waals surface area contributed by atoms with Gasteiger partial charge in [-0.25, -0.2) is 0 Å². The van der Waals surface area contributed by atoms with E-state index in [-0.39, 0.29) is 5.41 Å². The van der Waals surface area contributed by atoms with Gasteiger partial charge in [0.2, 0.25) is 0 Å². The molecule has 3 N–H and O–H groups in total. The Morgan fingerprint density at radius 1 is 1.14 bits per heavy atom. The van der Waals surface area contributed by atoms with E-state index in [2.05, 4.69) is 55.2 Å². The van der Waals surface area contributed by atoms with E-state index in [4.69, 9.17) is 5.73 Å². The molecular weight excluding hydrogens is 258 g/mol. The molecule has 1 aromatic carbocycles. The van der Waals surface area contributed by atoms with E-state index in [0.717, 1.165) is 0 Å². The molecule has 0 radical (unpaired) electrons. The van der Waals surface area contributed by atoms with Crippen LogP contribution in [0.2, 0.25) is 0 Å². The van der Waals surface area contributed by atoms with Crippen LogP contribution in [0.1, 0.15) is 68.7 Å². The first-order valence-corrected chi connectivity index (χ1v) is 7.84. The number of anilines is 1. The lowest BCUT2D eigenvalue weighted by atomic mass is 9.84. The van der Waals surface area contributed by atoms with Crippen molar-refractivity contribution < 1.29 is 0 Å². The SMILES string of the molecule is CC(C)(C)c1cccc(C2CCC(c3cc(N)n[nH]3)C2)c1. The normalized spacial score (nSPS) is 22.6. The van der Waals surface area contributed by atoms with Crippen LogP contribution in [0.3, 0.4) is 0 Å². The number of aromatic amines is 1. The van der Waals surface area contributed by atoms with Gasteiger partial charge in [-0.15, -0.1) is 0 Å². The van der Waals surface area contributed by atoms with Gasteiger partial charge in [-0.3, -0.25) is 5.10 Å². The van der Waals surface area contributed by atoms with Crippen molar-refractivity contribution in [1.82, 2.24) is 10.2 Å². The van der Waals surface area contributed by atoms with Crippen molar-refractivity contribution in [2.24, 2.45) is 0 Å². The van der Waals surface area contributed by atoms with Crippen LogP contribution < -0.4 is 5.73 Å². The molecule has 2 unspecified atom stereocenters. The molecule has 1 aliphatic rings. The van der Waals surface area contributed by atoms with Crippen LogP contribution in [0.4, 0.5) is 5.82 Å². The fourth-order valence-electron chi connectivity index (χ4n) is 3.39. The molecule has 0 bridgehead atoms. The summed E-state index contributed by atoms with van der Waals surface area (Å²) in [6.07, 6.45) is 3.65. The number of nitrogen functional groups attached to an aromatic ring is 1. The first kappa shape index (κ1) is 14.2. The maximum Gasteiger partial charge on any atom is 0.145 e. The lowest BCUT2D eigenvalue weighted by molar-refractivity contribution is 0.586. The second-order valence-corrected chi connectivity index (χ2v) is 7.33. The molecule has 1 fully saturated rings. The quantitative estimate of drug-likeness (QED) is 0.861. The third-order valence-electron chi connectivity index (χ3n) is 4.71. The van der Waals surface area contributed by atoms with Crippen LogP contribution >= 0.6 is 0 Å². The average Bonchev–Trinajstić information content (AvgIpc) is 3.06. The third kappa shape index (κ3) is 2.97. The van der Waals surface area contributed by atoms with Gasteiger partial charge >= 0.3 is 0 Å². The number of H-pyrrole nitrogens is 1. The largest absolute Gasteiger partial charge is 0.382 e. The molecule has 21 heavy (non-hydrogen) atoms. The minimum Gasteiger partial charge on any atom is -0.382 e. The number of nitrogens with two attached hydrogens (primary N) is 1. The summed E-state index contributed by atoms with van der Waals surface area (Å²) in [6.45, 7) is 6.82. The van der Waals surface area contributed by atoms with Gasteiger partial charge in [0, 0.05) is 17.7 Å². The van der Waals surface area contributed by atoms with Crippen molar-refractivity contribution in [3.05, 3.63) is 47.2 Å². The van der Waals surface area contributed by atoms with Crippen molar-refractivity contribution >= 4 is 5.82 Å². The molecular formula is C18H25N3. The van der Waals surface area contributed by atoms with Crippen molar-refractivity contribution in [3.8, 4) is 0 Å². The van der Waals surface area contributed by atoms with Crippen LogP contribution in [0.25, 0.3) is 0 Å². The van der Waals surface area contributed by atoms with Crippen molar-refractivity contribution in [3.63, 3.8) is 0 Å². The molecule has 112 valence electrons. The standard InChI is InChI=1S/C18H25N3/c1-18(2,3)15-6-4-5-12(10-15)13-7-8-14(9-13)16-11-17(19)21-20-16/h4-6,10-11,13-14H,7-9H2,1-3H3,(H3,19,20,21). The van der Waals surface area contributed by atoms with Crippen molar-refractivity contribution in [1.29, 1.82) is 0 Å². The number of benzene rings is 1. The molecule has 2 aromatic rings. The molecule has 0 aliphatic heterocycles. The second-order valence-electron chi connectivity index (χ2n) is 7.33. The summed E-state index contributed by atoms with van der Waals surface area (Å²) >= 11 is 0. The fraction of sp³-hybridized carbons (Fsp3) is 0.500. The summed E-state index contributed by atoms with van der Waals surface area (Å²) in [5.74, 6) is 1.82. The van der Waals surface area contributed by atoms with Crippen molar-refractivity contribution in [2.45, 2.75) is 57.3 Å². The predicted molar refractivity (Wildman–Crippen MR) is 87.5 cm³/mol. The smallest absolute Gasteiger partial charge is 0.145 e. The highest BCUT2D eigenvalue weighted by molar-refractivity contribution is 5.34. The molecule has 1 aliphatic carbocycles. The zero-order valence-corrected chi connectivity index (χ0v) is 13.2. The van der Waals surface area contributed by atoms with Gasteiger partial charge in [-0.2, -0.15) is 5.10 Å². The van der Waals surface area contributed by atoms with Crippen LogP contribution in [0.5, 0.6) is 0 Å². The molecule has 3 heteroatoms. The van der Waals surface area contributed by atoms with E-state index in [9.17, 15) is 0 Å². The number of aromatic nitrogens is 2. The number of nitrogens with zero attached hydrogens (tertiary/aromatic N) is 1. The zero-order chi connectivity index (χ0) is 15.0. The topological polar surface area (TPSA) is 54.7 Å². The molecule has 0 spiro atoms. The van der Waals surface area contributed by atoms with Crippen LogP contribution in [0, 0.1) is 0 Å². The van der Waals surface area contributed by atoms with Crippen molar-refractivity contribution in [2.75, 3.05) is 5.73 Å². The van der Waals surface area contributed by atoms with Crippen LogP contribution in [-0.4, -0.2) is 10.2 Å². The summed E-state index contributed by atoms with van der Waals surface area (Å²) in [4.78, 5) is 0. The Morgan fingerprint density at radius 3 is 2.57 bits per heavy atom. The van der Waals surface area contributed by atoms with E-state index in [0.29, 0.717) is 17.7 Å². The average molecular weight is 283 g/mol. The highest BCUT2D eigenvalue weighted by Crippen LogP contribution is 2.43. The first-order chi connectivity index (χ1) is 9.93. The second kappa shape index (κ2) is 5.21.